The van der Waals surface area contributed by atoms with E-state index in [1.54, 1.807) is 11.3 Å². The average molecular weight is 254 g/mol. The second kappa shape index (κ2) is 3.87. The van der Waals surface area contributed by atoms with E-state index in [0.717, 1.165) is 34.5 Å². The van der Waals surface area contributed by atoms with Gasteiger partial charge in [0, 0.05) is 32.3 Å². The highest BCUT2D eigenvalue weighted by Crippen LogP contribution is 2.31. The highest BCUT2D eigenvalue weighted by atomic mass is 35.5. The van der Waals surface area contributed by atoms with Crippen LogP contribution < -0.4 is 5.32 Å². The molecule has 5 heteroatoms. The average Bonchev–Trinajstić information content (AvgIpc) is 2.84. The van der Waals surface area contributed by atoms with Crippen LogP contribution in [0.15, 0.2) is 12.1 Å². The van der Waals surface area contributed by atoms with Gasteiger partial charge in [-0.2, -0.15) is 0 Å². The molecule has 1 aliphatic rings. The minimum Gasteiger partial charge on any atom is -0.330 e. The molecule has 2 aromatic rings. The molecule has 0 spiro atoms. The van der Waals surface area contributed by atoms with E-state index in [0.29, 0.717) is 0 Å². The van der Waals surface area contributed by atoms with Gasteiger partial charge in [-0.3, -0.25) is 0 Å². The van der Waals surface area contributed by atoms with E-state index in [2.05, 4.69) is 21.9 Å². The summed E-state index contributed by atoms with van der Waals surface area (Å²) >= 11 is 7.54. The van der Waals surface area contributed by atoms with Crippen molar-refractivity contribution in [2.45, 2.75) is 13.0 Å². The van der Waals surface area contributed by atoms with Crippen LogP contribution in [-0.2, 0) is 20.0 Å². The smallest absolute Gasteiger partial charge is 0.150 e. The number of nitrogens with one attached hydrogen (secondary N) is 1. The summed E-state index contributed by atoms with van der Waals surface area (Å²) in [5, 5.41) is 3.34. The van der Waals surface area contributed by atoms with E-state index in [4.69, 9.17) is 11.6 Å². The van der Waals surface area contributed by atoms with Gasteiger partial charge in [0.15, 0.2) is 0 Å². The Morgan fingerprint density at radius 2 is 2.38 bits per heavy atom. The van der Waals surface area contributed by atoms with Crippen molar-refractivity contribution in [3.05, 3.63) is 27.9 Å². The van der Waals surface area contributed by atoms with Crippen LogP contribution in [0, 0.1) is 0 Å². The van der Waals surface area contributed by atoms with Gasteiger partial charge in [-0.15, -0.1) is 11.3 Å². The molecule has 3 nitrogen and oxygen atoms in total. The third-order valence-corrected chi connectivity index (χ3v) is 4.15. The lowest BCUT2D eigenvalue weighted by molar-refractivity contribution is 0.612. The fourth-order valence-corrected chi connectivity index (χ4v) is 3.18. The Balaban J connectivity index is 2.11. The topological polar surface area (TPSA) is 29.9 Å². The Bertz CT molecular complexity index is 529. The van der Waals surface area contributed by atoms with E-state index in [1.165, 1.54) is 11.4 Å². The number of imidazole rings is 1. The van der Waals surface area contributed by atoms with Crippen molar-refractivity contribution in [2.75, 3.05) is 6.54 Å². The second-order valence-corrected chi connectivity index (χ2v) is 5.63. The number of nitrogens with zero attached hydrogens (tertiary/aromatic N) is 2. The normalized spacial score (nSPS) is 15.1. The predicted molar refractivity (Wildman–Crippen MR) is 66.9 cm³/mol. The van der Waals surface area contributed by atoms with Crippen LogP contribution in [0.25, 0.3) is 10.7 Å². The molecule has 2 aromatic heterocycles. The lowest BCUT2D eigenvalue weighted by Crippen LogP contribution is -2.24. The van der Waals surface area contributed by atoms with E-state index in [1.807, 2.05) is 12.1 Å². The van der Waals surface area contributed by atoms with Crippen LogP contribution >= 0.6 is 22.9 Å². The monoisotopic (exact) mass is 253 g/mol. The van der Waals surface area contributed by atoms with E-state index in [-0.39, 0.29) is 0 Å². The van der Waals surface area contributed by atoms with Gasteiger partial charge < -0.3 is 9.88 Å². The molecule has 0 aromatic carbocycles. The zero-order valence-electron chi connectivity index (χ0n) is 8.96. The molecule has 0 saturated carbocycles. The number of aromatic nitrogens is 2. The van der Waals surface area contributed by atoms with Gasteiger partial charge in [0.05, 0.1) is 14.9 Å². The second-order valence-electron chi connectivity index (χ2n) is 3.92. The largest absolute Gasteiger partial charge is 0.330 e. The minimum absolute atomic E-state index is 0.814. The highest BCUT2D eigenvalue weighted by Gasteiger charge is 2.19. The molecule has 0 radical (unpaired) electrons. The Labute approximate surface area is 103 Å². The predicted octanol–water partition coefficient (Wildman–Crippen LogP) is 2.45. The summed E-state index contributed by atoms with van der Waals surface area (Å²) in [5.74, 6) is 1.03. The summed E-state index contributed by atoms with van der Waals surface area (Å²) in [7, 11) is 2.08. The number of thiophene rings is 1. The molecule has 0 atom stereocenters. The molecule has 84 valence electrons. The number of fused-ring (bicyclic) bond motifs is 1. The SMILES string of the molecule is Cn1c(-c2ccc(Cl)s2)nc2c1CCNC2. The fraction of sp³-hybridized carbons (Fsp3) is 0.364. The molecule has 0 aliphatic carbocycles. The third-order valence-electron chi connectivity index (χ3n) is 2.92. The maximum absolute atomic E-state index is 5.96. The van der Waals surface area contributed by atoms with E-state index >= 15 is 0 Å². The summed E-state index contributed by atoms with van der Waals surface area (Å²) in [4.78, 5) is 5.83. The zero-order chi connectivity index (χ0) is 11.1. The number of rotatable bonds is 1. The quantitative estimate of drug-likeness (QED) is 0.846. The molecule has 0 amide bonds. The Morgan fingerprint density at radius 3 is 3.06 bits per heavy atom. The summed E-state index contributed by atoms with van der Waals surface area (Å²) in [6, 6.07) is 3.96. The molecule has 1 aliphatic heterocycles. The van der Waals surface area contributed by atoms with Crippen molar-refractivity contribution >= 4 is 22.9 Å². The van der Waals surface area contributed by atoms with Gasteiger partial charge in [0.25, 0.3) is 0 Å². The first kappa shape index (κ1) is 10.3. The number of halogens is 1. The lowest BCUT2D eigenvalue weighted by Gasteiger charge is -2.12. The van der Waals surface area contributed by atoms with Crippen molar-refractivity contribution in [1.82, 2.24) is 14.9 Å². The minimum atomic E-state index is 0.814. The van der Waals surface area contributed by atoms with Crippen LogP contribution in [0.4, 0.5) is 0 Å². The van der Waals surface area contributed by atoms with Gasteiger partial charge in [-0.1, -0.05) is 11.6 Å². The Hall–Kier alpha value is -0.840. The van der Waals surface area contributed by atoms with Crippen molar-refractivity contribution in [3.63, 3.8) is 0 Å². The first-order chi connectivity index (χ1) is 7.75. The first-order valence-electron chi connectivity index (χ1n) is 5.26. The van der Waals surface area contributed by atoms with Gasteiger partial charge in [-0.25, -0.2) is 4.98 Å². The van der Waals surface area contributed by atoms with Crippen LogP contribution in [-0.4, -0.2) is 16.1 Å². The molecule has 0 bridgehead atoms. The fourth-order valence-electron chi connectivity index (χ4n) is 2.11. The Kier molecular flexibility index (Phi) is 2.50. The standard InChI is InChI=1S/C11H12ClN3S/c1-15-8-4-5-13-6-7(8)14-11(15)9-2-3-10(12)16-9/h2-3,13H,4-6H2,1H3. The van der Waals surface area contributed by atoms with Crippen LogP contribution in [0.3, 0.4) is 0 Å². The van der Waals surface area contributed by atoms with E-state index in [9.17, 15) is 0 Å². The maximum Gasteiger partial charge on any atom is 0.150 e. The van der Waals surface area contributed by atoms with Gasteiger partial charge in [0.2, 0.25) is 0 Å². The van der Waals surface area contributed by atoms with Gasteiger partial charge in [-0.05, 0) is 12.1 Å². The summed E-state index contributed by atoms with van der Waals surface area (Å²) < 4.78 is 3.01. The van der Waals surface area contributed by atoms with Crippen molar-refractivity contribution in [1.29, 1.82) is 0 Å². The van der Waals surface area contributed by atoms with Crippen molar-refractivity contribution < 1.29 is 0 Å². The molecule has 1 N–H and O–H groups in total. The summed E-state index contributed by atoms with van der Waals surface area (Å²) in [5.41, 5.74) is 2.52. The van der Waals surface area contributed by atoms with Crippen molar-refractivity contribution in [3.8, 4) is 10.7 Å². The van der Waals surface area contributed by atoms with Crippen LogP contribution in [0.5, 0.6) is 0 Å². The van der Waals surface area contributed by atoms with Gasteiger partial charge >= 0.3 is 0 Å². The van der Waals surface area contributed by atoms with E-state index < -0.39 is 0 Å². The Morgan fingerprint density at radius 1 is 1.50 bits per heavy atom. The highest BCUT2D eigenvalue weighted by molar-refractivity contribution is 7.19. The van der Waals surface area contributed by atoms with Gasteiger partial charge in [0.1, 0.15) is 5.82 Å². The molecule has 0 saturated heterocycles. The lowest BCUT2D eigenvalue weighted by atomic mass is 10.2. The van der Waals surface area contributed by atoms with Crippen LogP contribution in [0.2, 0.25) is 4.34 Å². The molecule has 3 heterocycles. The maximum atomic E-state index is 5.96. The third kappa shape index (κ3) is 1.57. The molecular weight excluding hydrogens is 242 g/mol. The summed E-state index contributed by atoms with van der Waals surface area (Å²) in [6.45, 7) is 1.92. The first-order valence-corrected chi connectivity index (χ1v) is 6.46. The molecule has 0 unspecified atom stereocenters. The molecular formula is C11H12ClN3S. The molecule has 16 heavy (non-hydrogen) atoms. The molecule has 0 fully saturated rings. The van der Waals surface area contributed by atoms with Crippen molar-refractivity contribution in [2.24, 2.45) is 7.05 Å². The number of hydrogen-bond acceptors (Lipinski definition) is 3. The summed E-state index contributed by atoms with van der Waals surface area (Å²) in [6.07, 6.45) is 1.05. The zero-order valence-corrected chi connectivity index (χ0v) is 10.5. The number of hydrogen-bond donors (Lipinski definition) is 1. The molecule has 3 rings (SSSR count). The van der Waals surface area contributed by atoms with Crippen LogP contribution in [0.1, 0.15) is 11.4 Å².